The molecule has 0 aliphatic carbocycles. The van der Waals surface area contributed by atoms with Crippen LogP contribution >= 0.6 is 0 Å². The number of aromatic hydroxyl groups is 3. The molecule has 0 aromatic heterocycles. The Bertz CT molecular complexity index is 1620. The van der Waals surface area contributed by atoms with Crippen molar-refractivity contribution < 1.29 is 39.2 Å². The van der Waals surface area contributed by atoms with Crippen LogP contribution in [0.15, 0.2) is 83.0 Å². The predicted molar refractivity (Wildman–Crippen MR) is 171 cm³/mol. The number of allylic oxidation sites excluding steroid dienone is 6. The minimum Gasteiger partial charge on any atom is -0.508 e. The maximum Gasteiger partial charge on any atom is 0.335 e. The molecule has 8 heteroatoms. The molecule has 2 heterocycles. The average Bonchev–Trinajstić information content (AvgIpc) is 3.30. The standard InChI is InChI=1S/C37H42O8/c1-23(2)9-6-11-25(5)12-8-18-36(22-32(41)29-19-27(38)14-16-31(29)40)35(43)44-33-17-15-28(39)20-30(33)37(36)21-26(34(42)45-37)13-7-10-24(3)4/h9-10,12,14-17,19-21,38-40H,6-8,11,13,18,22H2,1-5H3. The molecule has 45 heavy (non-hydrogen) atoms. The van der Waals surface area contributed by atoms with Crippen LogP contribution in [0.2, 0.25) is 0 Å². The smallest absolute Gasteiger partial charge is 0.335 e. The summed E-state index contributed by atoms with van der Waals surface area (Å²) < 4.78 is 12.1. The van der Waals surface area contributed by atoms with Crippen LogP contribution in [0.3, 0.4) is 0 Å². The van der Waals surface area contributed by atoms with Gasteiger partial charge < -0.3 is 24.8 Å². The number of fused-ring (bicyclic) bond motifs is 2. The fourth-order valence-electron chi connectivity index (χ4n) is 6.06. The molecule has 1 spiro atoms. The molecule has 0 radical (unpaired) electrons. The van der Waals surface area contributed by atoms with Crippen molar-refractivity contribution in [1.82, 2.24) is 0 Å². The Balaban J connectivity index is 1.88. The van der Waals surface area contributed by atoms with Crippen molar-refractivity contribution >= 4 is 17.7 Å². The van der Waals surface area contributed by atoms with Gasteiger partial charge in [0, 0.05) is 17.6 Å². The number of phenolic OH excluding ortho intramolecular Hbond substituents is 3. The van der Waals surface area contributed by atoms with Gasteiger partial charge in [0.05, 0.1) is 5.56 Å². The monoisotopic (exact) mass is 614 g/mol. The highest BCUT2D eigenvalue weighted by molar-refractivity contribution is 6.03. The third-order valence-electron chi connectivity index (χ3n) is 8.43. The fraction of sp³-hybridized carbons (Fsp3) is 0.378. The van der Waals surface area contributed by atoms with Crippen molar-refractivity contribution in [3.05, 3.63) is 94.1 Å². The van der Waals surface area contributed by atoms with Gasteiger partial charge in [-0.3, -0.25) is 9.59 Å². The van der Waals surface area contributed by atoms with Gasteiger partial charge in [-0.05, 0) is 116 Å². The van der Waals surface area contributed by atoms with Gasteiger partial charge >= 0.3 is 11.9 Å². The second kappa shape index (κ2) is 13.6. The van der Waals surface area contributed by atoms with Gasteiger partial charge in [0.2, 0.25) is 0 Å². The van der Waals surface area contributed by atoms with E-state index in [0.717, 1.165) is 30.1 Å². The van der Waals surface area contributed by atoms with Crippen LogP contribution in [-0.2, 0) is 19.9 Å². The highest BCUT2D eigenvalue weighted by atomic mass is 16.6. The lowest BCUT2D eigenvalue weighted by Gasteiger charge is -2.47. The molecule has 0 bridgehead atoms. The Morgan fingerprint density at radius 2 is 1.51 bits per heavy atom. The molecule has 2 aliphatic heterocycles. The minimum absolute atomic E-state index is 0.0528. The van der Waals surface area contributed by atoms with Crippen LogP contribution in [-0.4, -0.2) is 33.0 Å². The first-order chi connectivity index (χ1) is 21.3. The van der Waals surface area contributed by atoms with Crippen LogP contribution in [0, 0.1) is 5.41 Å². The molecule has 0 fully saturated rings. The predicted octanol–water partition coefficient (Wildman–Crippen LogP) is 7.88. The summed E-state index contributed by atoms with van der Waals surface area (Å²) in [4.78, 5) is 41.7. The second-order valence-electron chi connectivity index (χ2n) is 12.5. The molecule has 2 aliphatic rings. The SMILES string of the molecule is CC(C)=CCCC(C)=CCCC1(CC(=O)c2cc(O)ccc2O)C(=O)Oc2ccc(O)cc2C12C=C(CCC=C(C)C)C(=O)O2. The lowest BCUT2D eigenvalue weighted by Crippen LogP contribution is -2.56. The van der Waals surface area contributed by atoms with Crippen molar-refractivity contribution in [3.8, 4) is 23.0 Å². The highest BCUT2D eigenvalue weighted by Crippen LogP contribution is 2.60. The zero-order chi connectivity index (χ0) is 32.9. The van der Waals surface area contributed by atoms with Crippen molar-refractivity contribution in [3.63, 3.8) is 0 Å². The first-order valence-electron chi connectivity index (χ1n) is 15.3. The maximum atomic E-state index is 14.3. The van der Waals surface area contributed by atoms with Gasteiger partial charge in [-0.15, -0.1) is 0 Å². The molecular formula is C37H42O8. The number of hydrogen-bond acceptors (Lipinski definition) is 8. The van der Waals surface area contributed by atoms with E-state index in [0.29, 0.717) is 24.8 Å². The zero-order valence-electron chi connectivity index (χ0n) is 26.6. The summed E-state index contributed by atoms with van der Waals surface area (Å²) in [5, 5.41) is 31.2. The summed E-state index contributed by atoms with van der Waals surface area (Å²) in [6.45, 7) is 10.0. The molecule has 0 saturated heterocycles. The van der Waals surface area contributed by atoms with Crippen LogP contribution in [0.4, 0.5) is 0 Å². The Morgan fingerprint density at radius 3 is 2.22 bits per heavy atom. The lowest BCUT2D eigenvalue weighted by atomic mass is 9.61. The van der Waals surface area contributed by atoms with Crippen LogP contribution < -0.4 is 4.74 Å². The Kier molecular flexibility index (Phi) is 10.1. The topological polar surface area (TPSA) is 130 Å². The third-order valence-corrected chi connectivity index (χ3v) is 8.43. The largest absolute Gasteiger partial charge is 0.508 e. The summed E-state index contributed by atoms with van der Waals surface area (Å²) in [5.41, 5.74) is 0.284. The molecule has 2 unspecified atom stereocenters. The molecule has 238 valence electrons. The first-order valence-corrected chi connectivity index (χ1v) is 15.3. The normalized spacial score (nSPS) is 20.6. The van der Waals surface area contributed by atoms with E-state index in [1.165, 1.54) is 35.9 Å². The number of carbonyl (C=O) groups is 3. The summed E-state index contributed by atoms with van der Waals surface area (Å²) in [6.07, 6.45) is 10.2. The van der Waals surface area contributed by atoms with E-state index in [1.807, 2.05) is 46.8 Å². The molecule has 2 aromatic carbocycles. The first kappa shape index (κ1) is 33.3. The molecular weight excluding hydrogens is 572 g/mol. The van der Waals surface area contributed by atoms with Crippen molar-refractivity contribution in [2.24, 2.45) is 5.41 Å². The molecule has 3 N–H and O–H groups in total. The van der Waals surface area contributed by atoms with Gasteiger partial charge in [-0.1, -0.05) is 34.9 Å². The maximum absolute atomic E-state index is 14.3. The van der Waals surface area contributed by atoms with Gasteiger partial charge in [-0.2, -0.15) is 0 Å². The number of rotatable bonds is 12. The van der Waals surface area contributed by atoms with E-state index in [9.17, 15) is 29.7 Å². The Morgan fingerprint density at radius 1 is 0.844 bits per heavy atom. The van der Waals surface area contributed by atoms with E-state index in [-0.39, 0.29) is 40.5 Å². The van der Waals surface area contributed by atoms with E-state index in [2.05, 4.69) is 6.08 Å². The minimum atomic E-state index is -1.78. The van der Waals surface area contributed by atoms with Gasteiger partial charge in [0.15, 0.2) is 11.4 Å². The molecule has 2 atom stereocenters. The summed E-state index contributed by atoms with van der Waals surface area (Å²) in [6, 6.07) is 7.80. The van der Waals surface area contributed by atoms with Gasteiger partial charge in [0.25, 0.3) is 0 Å². The van der Waals surface area contributed by atoms with Crippen molar-refractivity contribution in [1.29, 1.82) is 0 Å². The second-order valence-corrected chi connectivity index (χ2v) is 12.5. The van der Waals surface area contributed by atoms with E-state index >= 15 is 0 Å². The number of hydrogen-bond donors (Lipinski definition) is 3. The quantitative estimate of drug-likeness (QED) is 0.0724. The van der Waals surface area contributed by atoms with E-state index in [4.69, 9.17) is 9.47 Å². The molecule has 8 nitrogen and oxygen atoms in total. The average molecular weight is 615 g/mol. The summed E-state index contributed by atoms with van der Waals surface area (Å²) in [5.74, 6) is -2.63. The number of benzene rings is 2. The van der Waals surface area contributed by atoms with Crippen LogP contribution in [0.1, 0.15) is 95.5 Å². The lowest BCUT2D eigenvalue weighted by molar-refractivity contribution is -0.180. The Labute approximate surface area is 264 Å². The van der Waals surface area contributed by atoms with E-state index < -0.39 is 35.2 Å². The number of phenols is 3. The van der Waals surface area contributed by atoms with Crippen LogP contribution in [0.5, 0.6) is 23.0 Å². The highest BCUT2D eigenvalue weighted by Gasteiger charge is 2.66. The van der Waals surface area contributed by atoms with Crippen LogP contribution in [0.25, 0.3) is 0 Å². The molecule has 2 aromatic rings. The van der Waals surface area contributed by atoms with Crippen molar-refractivity contribution in [2.45, 2.75) is 85.2 Å². The number of carbonyl (C=O) groups excluding carboxylic acids is 3. The van der Waals surface area contributed by atoms with E-state index in [1.54, 1.807) is 6.08 Å². The summed E-state index contributed by atoms with van der Waals surface area (Å²) >= 11 is 0. The Hall–Kier alpha value is -4.59. The number of ether oxygens (including phenoxy) is 2. The molecule has 4 rings (SSSR count). The van der Waals surface area contributed by atoms with Gasteiger partial charge in [0.1, 0.15) is 28.4 Å². The fourth-order valence-corrected chi connectivity index (χ4v) is 6.06. The molecule has 0 saturated carbocycles. The number of Topliss-reactive ketones (excluding diaryl/α,β-unsaturated/α-hetero) is 1. The number of esters is 2. The zero-order valence-corrected chi connectivity index (χ0v) is 26.6. The van der Waals surface area contributed by atoms with Gasteiger partial charge in [-0.25, -0.2) is 4.79 Å². The third kappa shape index (κ3) is 7.06. The van der Waals surface area contributed by atoms with Crippen molar-refractivity contribution in [2.75, 3.05) is 0 Å². The molecule has 0 amide bonds. The summed E-state index contributed by atoms with van der Waals surface area (Å²) in [7, 11) is 0. The number of ketones is 1.